The predicted molar refractivity (Wildman–Crippen MR) is 62.6 cm³/mol. The fourth-order valence-corrected chi connectivity index (χ4v) is 1.43. The number of benzene rings is 1. The van der Waals surface area contributed by atoms with Crippen LogP contribution in [-0.2, 0) is 11.2 Å². The van der Waals surface area contributed by atoms with Crippen LogP contribution >= 0.6 is 0 Å². The molecule has 0 unspecified atom stereocenters. The summed E-state index contributed by atoms with van der Waals surface area (Å²) in [7, 11) is 0. The molecule has 0 aliphatic rings. The number of hydrogen-bond acceptors (Lipinski definition) is 1. The highest BCUT2D eigenvalue weighted by molar-refractivity contribution is 5.80. The third kappa shape index (κ3) is 4.46. The second-order valence-corrected chi connectivity index (χ2v) is 3.63. The molecular weight excluding hydrogens is 184 g/mol. The molecule has 0 radical (unpaired) electrons. The second-order valence-electron chi connectivity index (χ2n) is 3.63. The summed E-state index contributed by atoms with van der Waals surface area (Å²) in [5, 5.41) is 0. The Morgan fingerprint density at radius 1 is 1.40 bits per heavy atom. The standard InChI is InChI=1S/C14H16O/c1-3-4-8-14(15)10-9-13-7-5-6-12(2)11-13/h5-7,11H,8-10H2,1-2H3. The lowest BCUT2D eigenvalue weighted by atomic mass is 10.0. The molecule has 0 fully saturated rings. The van der Waals surface area contributed by atoms with Gasteiger partial charge in [-0.2, -0.15) is 0 Å². The zero-order valence-corrected chi connectivity index (χ0v) is 9.34. The van der Waals surface area contributed by atoms with Crippen molar-refractivity contribution in [3.05, 3.63) is 35.4 Å². The Labute approximate surface area is 91.5 Å². The Morgan fingerprint density at radius 2 is 2.20 bits per heavy atom. The van der Waals surface area contributed by atoms with Crippen LogP contribution in [0.3, 0.4) is 0 Å². The molecule has 1 aromatic carbocycles. The molecule has 1 heteroatoms. The van der Waals surface area contributed by atoms with Crippen molar-refractivity contribution in [3.8, 4) is 11.8 Å². The molecule has 1 aromatic rings. The Hall–Kier alpha value is -1.55. The van der Waals surface area contributed by atoms with Gasteiger partial charge in [0.05, 0.1) is 6.42 Å². The maximum absolute atomic E-state index is 11.4. The van der Waals surface area contributed by atoms with Crippen LogP contribution in [0.1, 0.15) is 30.9 Å². The summed E-state index contributed by atoms with van der Waals surface area (Å²) in [6.45, 7) is 3.82. The monoisotopic (exact) mass is 200 g/mol. The first-order valence-electron chi connectivity index (χ1n) is 5.19. The first-order valence-corrected chi connectivity index (χ1v) is 5.19. The van der Waals surface area contributed by atoms with Crippen LogP contribution in [0.15, 0.2) is 24.3 Å². The molecular formula is C14H16O. The molecule has 1 nitrogen and oxygen atoms in total. The maximum Gasteiger partial charge on any atom is 0.145 e. The van der Waals surface area contributed by atoms with E-state index in [0.717, 1.165) is 6.42 Å². The van der Waals surface area contributed by atoms with E-state index in [0.29, 0.717) is 12.8 Å². The number of rotatable bonds is 4. The molecule has 0 N–H and O–H groups in total. The fourth-order valence-electron chi connectivity index (χ4n) is 1.43. The van der Waals surface area contributed by atoms with Crippen LogP contribution in [0.25, 0.3) is 0 Å². The molecule has 78 valence electrons. The quantitative estimate of drug-likeness (QED) is 0.683. The van der Waals surface area contributed by atoms with Crippen LogP contribution in [-0.4, -0.2) is 5.78 Å². The lowest BCUT2D eigenvalue weighted by molar-refractivity contribution is -0.118. The lowest BCUT2D eigenvalue weighted by Gasteiger charge is -2.00. The van der Waals surface area contributed by atoms with Crippen molar-refractivity contribution < 1.29 is 4.79 Å². The zero-order valence-electron chi connectivity index (χ0n) is 9.34. The van der Waals surface area contributed by atoms with E-state index in [2.05, 4.69) is 37.0 Å². The summed E-state index contributed by atoms with van der Waals surface area (Å²) in [4.78, 5) is 11.4. The molecule has 0 amide bonds. The summed E-state index contributed by atoms with van der Waals surface area (Å²) in [6, 6.07) is 8.28. The van der Waals surface area contributed by atoms with Crippen molar-refractivity contribution in [2.45, 2.75) is 33.1 Å². The van der Waals surface area contributed by atoms with Gasteiger partial charge in [-0.3, -0.25) is 4.79 Å². The van der Waals surface area contributed by atoms with Gasteiger partial charge in [-0.1, -0.05) is 35.7 Å². The van der Waals surface area contributed by atoms with Crippen molar-refractivity contribution in [3.63, 3.8) is 0 Å². The van der Waals surface area contributed by atoms with Crippen LogP contribution in [0.5, 0.6) is 0 Å². The molecule has 0 saturated heterocycles. The highest BCUT2D eigenvalue weighted by atomic mass is 16.1. The van der Waals surface area contributed by atoms with Crippen molar-refractivity contribution >= 4 is 5.78 Å². The summed E-state index contributed by atoms with van der Waals surface area (Å²) < 4.78 is 0. The van der Waals surface area contributed by atoms with Gasteiger partial charge in [-0.05, 0) is 25.8 Å². The van der Waals surface area contributed by atoms with Crippen molar-refractivity contribution in [2.24, 2.45) is 0 Å². The van der Waals surface area contributed by atoms with Gasteiger partial charge < -0.3 is 0 Å². The largest absolute Gasteiger partial charge is 0.299 e. The first-order chi connectivity index (χ1) is 7.22. The van der Waals surface area contributed by atoms with Crippen LogP contribution in [0, 0.1) is 18.8 Å². The second kappa shape index (κ2) is 6.03. The van der Waals surface area contributed by atoms with E-state index in [9.17, 15) is 4.79 Å². The predicted octanol–water partition coefficient (Wildman–Crippen LogP) is 2.91. The molecule has 15 heavy (non-hydrogen) atoms. The molecule has 0 saturated carbocycles. The number of Topliss-reactive ketones (excluding diaryl/α,β-unsaturated/α-hetero) is 1. The Bertz CT molecular complexity index is 393. The van der Waals surface area contributed by atoms with Crippen LogP contribution < -0.4 is 0 Å². The molecule has 0 atom stereocenters. The van der Waals surface area contributed by atoms with Crippen molar-refractivity contribution in [1.29, 1.82) is 0 Å². The minimum absolute atomic E-state index is 0.228. The van der Waals surface area contributed by atoms with Gasteiger partial charge in [-0.25, -0.2) is 0 Å². The number of hydrogen-bond donors (Lipinski definition) is 0. The van der Waals surface area contributed by atoms with E-state index < -0.39 is 0 Å². The first kappa shape index (κ1) is 11.5. The summed E-state index contributed by atoms with van der Waals surface area (Å²) in [6.07, 6.45) is 1.81. The van der Waals surface area contributed by atoms with Crippen LogP contribution in [0.2, 0.25) is 0 Å². The average molecular weight is 200 g/mol. The van der Waals surface area contributed by atoms with E-state index in [-0.39, 0.29) is 5.78 Å². The fraction of sp³-hybridized carbons (Fsp3) is 0.357. The number of carbonyl (C=O) groups is 1. The molecule has 1 rings (SSSR count). The van der Waals surface area contributed by atoms with Gasteiger partial charge in [-0.15, -0.1) is 5.92 Å². The van der Waals surface area contributed by atoms with Gasteiger partial charge >= 0.3 is 0 Å². The van der Waals surface area contributed by atoms with Gasteiger partial charge in [0.2, 0.25) is 0 Å². The highest BCUT2D eigenvalue weighted by Crippen LogP contribution is 2.07. The van der Waals surface area contributed by atoms with E-state index in [1.54, 1.807) is 6.92 Å². The van der Waals surface area contributed by atoms with E-state index in [1.807, 2.05) is 6.07 Å². The minimum atomic E-state index is 0.228. The molecule has 0 bridgehead atoms. The van der Waals surface area contributed by atoms with Gasteiger partial charge in [0.1, 0.15) is 5.78 Å². The highest BCUT2D eigenvalue weighted by Gasteiger charge is 2.00. The number of carbonyl (C=O) groups excluding carboxylic acids is 1. The Balaban J connectivity index is 2.42. The average Bonchev–Trinajstić information content (AvgIpc) is 2.23. The Morgan fingerprint density at radius 3 is 2.87 bits per heavy atom. The Kier molecular flexibility index (Phi) is 4.63. The lowest BCUT2D eigenvalue weighted by Crippen LogP contribution is -1.98. The van der Waals surface area contributed by atoms with Gasteiger partial charge in [0.15, 0.2) is 0 Å². The van der Waals surface area contributed by atoms with E-state index in [4.69, 9.17) is 0 Å². The van der Waals surface area contributed by atoms with Gasteiger partial charge in [0.25, 0.3) is 0 Å². The molecule has 0 aliphatic heterocycles. The number of ketones is 1. The normalized spacial score (nSPS) is 9.20. The van der Waals surface area contributed by atoms with E-state index >= 15 is 0 Å². The third-order valence-electron chi connectivity index (χ3n) is 2.24. The smallest absolute Gasteiger partial charge is 0.145 e. The van der Waals surface area contributed by atoms with Crippen molar-refractivity contribution in [1.82, 2.24) is 0 Å². The topological polar surface area (TPSA) is 17.1 Å². The molecule has 0 spiro atoms. The molecule has 0 aliphatic carbocycles. The summed E-state index contributed by atoms with van der Waals surface area (Å²) >= 11 is 0. The van der Waals surface area contributed by atoms with Crippen molar-refractivity contribution in [2.75, 3.05) is 0 Å². The summed E-state index contributed by atoms with van der Waals surface area (Å²) in [5.41, 5.74) is 2.47. The zero-order chi connectivity index (χ0) is 11.1. The van der Waals surface area contributed by atoms with E-state index in [1.165, 1.54) is 11.1 Å². The SMILES string of the molecule is CC#CCC(=O)CCc1cccc(C)c1. The third-order valence-corrected chi connectivity index (χ3v) is 2.24. The maximum atomic E-state index is 11.4. The minimum Gasteiger partial charge on any atom is -0.299 e. The summed E-state index contributed by atoms with van der Waals surface area (Å²) in [5.74, 6) is 5.76. The number of aryl methyl sites for hydroxylation is 2. The van der Waals surface area contributed by atoms with Gasteiger partial charge in [0, 0.05) is 6.42 Å². The molecule has 0 aromatic heterocycles. The molecule has 0 heterocycles. The van der Waals surface area contributed by atoms with Crippen LogP contribution in [0.4, 0.5) is 0 Å².